The number of para-hydroxylation sites is 1. The van der Waals surface area contributed by atoms with Crippen LogP contribution in [0.25, 0.3) is 10.9 Å². The van der Waals surface area contributed by atoms with Crippen LogP contribution in [0.2, 0.25) is 0 Å². The number of anilines is 1. The van der Waals surface area contributed by atoms with Crippen LogP contribution in [0.3, 0.4) is 0 Å². The van der Waals surface area contributed by atoms with E-state index in [9.17, 15) is 5.11 Å². The normalized spacial score (nSPS) is 21.9. The lowest BCUT2D eigenvalue weighted by molar-refractivity contribution is 0.148. The SMILES string of the molecule is Cc1nc(N2C[C@@H](Cc3ccc4ccccc4n3)[C@H](O)C2)nc2c1CCCC2. The van der Waals surface area contributed by atoms with Gasteiger partial charge in [0.25, 0.3) is 0 Å². The second kappa shape index (κ2) is 7.13. The lowest BCUT2D eigenvalue weighted by atomic mass is 9.95. The number of pyridine rings is 1. The maximum atomic E-state index is 10.7. The minimum Gasteiger partial charge on any atom is -0.391 e. The molecule has 5 heteroatoms. The Hall–Kier alpha value is -2.53. The number of aliphatic hydroxyl groups excluding tert-OH is 1. The van der Waals surface area contributed by atoms with E-state index < -0.39 is 0 Å². The molecule has 144 valence electrons. The average Bonchev–Trinajstić information content (AvgIpc) is 3.08. The second-order valence-electron chi connectivity index (χ2n) is 8.17. The van der Waals surface area contributed by atoms with Gasteiger partial charge in [-0.05, 0) is 56.7 Å². The molecule has 3 heterocycles. The van der Waals surface area contributed by atoms with Crippen molar-refractivity contribution >= 4 is 16.9 Å². The zero-order valence-electron chi connectivity index (χ0n) is 16.3. The molecule has 1 aromatic carbocycles. The third-order valence-corrected chi connectivity index (χ3v) is 6.19. The zero-order valence-corrected chi connectivity index (χ0v) is 16.3. The van der Waals surface area contributed by atoms with Crippen LogP contribution in [0.4, 0.5) is 5.95 Å². The highest BCUT2D eigenvalue weighted by molar-refractivity contribution is 5.78. The highest BCUT2D eigenvalue weighted by Gasteiger charge is 2.33. The summed E-state index contributed by atoms with van der Waals surface area (Å²) < 4.78 is 0. The molecule has 0 unspecified atom stereocenters. The zero-order chi connectivity index (χ0) is 19.1. The van der Waals surface area contributed by atoms with Crippen molar-refractivity contribution in [3.63, 3.8) is 0 Å². The Kier molecular flexibility index (Phi) is 4.47. The van der Waals surface area contributed by atoms with Gasteiger partial charge in [0.15, 0.2) is 0 Å². The maximum Gasteiger partial charge on any atom is 0.225 e. The summed E-state index contributed by atoms with van der Waals surface area (Å²) in [6.07, 6.45) is 4.98. The number of nitrogens with zero attached hydrogens (tertiary/aromatic N) is 4. The summed E-state index contributed by atoms with van der Waals surface area (Å²) >= 11 is 0. The van der Waals surface area contributed by atoms with Crippen molar-refractivity contribution in [2.24, 2.45) is 5.92 Å². The first-order chi connectivity index (χ1) is 13.7. The van der Waals surface area contributed by atoms with Crippen molar-refractivity contribution in [1.82, 2.24) is 15.0 Å². The van der Waals surface area contributed by atoms with Gasteiger partial charge in [0.05, 0.1) is 11.6 Å². The number of benzene rings is 1. The van der Waals surface area contributed by atoms with Gasteiger partial charge in [-0.15, -0.1) is 0 Å². The molecule has 1 fully saturated rings. The fourth-order valence-corrected chi connectivity index (χ4v) is 4.62. The number of aromatic nitrogens is 3. The van der Waals surface area contributed by atoms with Crippen LogP contribution in [0, 0.1) is 12.8 Å². The van der Waals surface area contributed by atoms with Gasteiger partial charge in [-0.3, -0.25) is 4.98 Å². The van der Waals surface area contributed by atoms with Gasteiger partial charge in [-0.2, -0.15) is 0 Å². The molecule has 28 heavy (non-hydrogen) atoms. The van der Waals surface area contributed by atoms with Crippen LogP contribution in [-0.2, 0) is 19.3 Å². The van der Waals surface area contributed by atoms with E-state index >= 15 is 0 Å². The van der Waals surface area contributed by atoms with E-state index in [1.807, 2.05) is 18.2 Å². The van der Waals surface area contributed by atoms with E-state index in [1.165, 1.54) is 24.1 Å². The van der Waals surface area contributed by atoms with E-state index in [1.54, 1.807) is 0 Å². The lowest BCUT2D eigenvalue weighted by Crippen LogP contribution is -2.25. The molecule has 2 aliphatic rings. The van der Waals surface area contributed by atoms with Crippen LogP contribution in [-0.4, -0.2) is 39.3 Å². The summed E-state index contributed by atoms with van der Waals surface area (Å²) in [5.74, 6) is 0.930. The summed E-state index contributed by atoms with van der Waals surface area (Å²) in [6.45, 7) is 3.46. The molecular weight excluding hydrogens is 348 g/mol. The van der Waals surface area contributed by atoms with Crippen molar-refractivity contribution in [3.05, 3.63) is 59.0 Å². The van der Waals surface area contributed by atoms with Gasteiger partial charge in [0.1, 0.15) is 0 Å². The maximum absolute atomic E-state index is 10.7. The Bertz CT molecular complexity index is 1020. The molecule has 5 nitrogen and oxygen atoms in total. The van der Waals surface area contributed by atoms with Crippen molar-refractivity contribution in [2.75, 3.05) is 18.0 Å². The van der Waals surface area contributed by atoms with Gasteiger partial charge in [-0.1, -0.05) is 24.3 Å². The summed E-state index contributed by atoms with van der Waals surface area (Å²) in [7, 11) is 0. The molecule has 1 aliphatic heterocycles. The predicted molar refractivity (Wildman–Crippen MR) is 111 cm³/mol. The van der Waals surface area contributed by atoms with Crippen molar-refractivity contribution in [3.8, 4) is 0 Å². The van der Waals surface area contributed by atoms with Crippen LogP contribution in [0.15, 0.2) is 36.4 Å². The molecule has 1 N–H and O–H groups in total. The molecule has 3 aromatic rings. The Morgan fingerprint density at radius 3 is 2.79 bits per heavy atom. The lowest BCUT2D eigenvalue weighted by Gasteiger charge is -2.22. The summed E-state index contributed by atoms with van der Waals surface area (Å²) in [5, 5.41) is 11.8. The quantitative estimate of drug-likeness (QED) is 0.762. The smallest absolute Gasteiger partial charge is 0.225 e. The van der Waals surface area contributed by atoms with Crippen molar-refractivity contribution in [1.29, 1.82) is 0 Å². The predicted octanol–water partition coefficient (Wildman–Crippen LogP) is 3.25. The number of β-amino-alcohol motifs (C(OH)–C–C–N with tert-alkyl or cyclic N) is 1. The first-order valence-electron chi connectivity index (χ1n) is 10.3. The number of aryl methyl sites for hydroxylation is 2. The van der Waals surface area contributed by atoms with E-state index in [2.05, 4.69) is 30.0 Å². The number of hydrogen-bond donors (Lipinski definition) is 1. The van der Waals surface area contributed by atoms with E-state index in [4.69, 9.17) is 15.0 Å². The molecule has 0 amide bonds. The summed E-state index contributed by atoms with van der Waals surface area (Å²) in [6, 6.07) is 12.4. The summed E-state index contributed by atoms with van der Waals surface area (Å²) in [4.78, 5) is 16.6. The Balaban J connectivity index is 1.35. The van der Waals surface area contributed by atoms with Crippen molar-refractivity contribution < 1.29 is 5.11 Å². The van der Waals surface area contributed by atoms with Crippen LogP contribution in [0.1, 0.15) is 35.5 Å². The van der Waals surface area contributed by atoms with Crippen LogP contribution < -0.4 is 4.90 Å². The average molecular weight is 374 g/mol. The molecule has 2 atom stereocenters. The largest absolute Gasteiger partial charge is 0.391 e. The van der Waals surface area contributed by atoms with Gasteiger partial charge >= 0.3 is 0 Å². The molecule has 0 radical (unpaired) electrons. The molecule has 5 rings (SSSR count). The molecule has 0 bridgehead atoms. The van der Waals surface area contributed by atoms with Gasteiger partial charge in [0, 0.05) is 41.5 Å². The molecule has 0 spiro atoms. The first-order valence-corrected chi connectivity index (χ1v) is 10.3. The number of fused-ring (bicyclic) bond motifs is 2. The van der Waals surface area contributed by atoms with E-state index in [-0.39, 0.29) is 12.0 Å². The second-order valence-corrected chi connectivity index (χ2v) is 8.17. The highest BCUT2D eigenvalue weighted by atomic mass is 16.3. The van der Waals surface area contributed by atoms with Gasteiger partial charge < -0.3 is 10.0 Å². The third-order valence-electron chi connectivity index (χ3n) is 6.19. The fraction of sp³-hybridized carbons (Fsp3) is 0.435. The summed E-state index contributed by atoms with van der Waals surface area (Å²) in [5.41, 5.74) is 5.70. The Morgan fingerprint density at radius 2 is 1.86 bits per heavy atom. The first kappa shape index (κ1) is 17.6. The van der Waals surface area contributed by atoms with Gasteiger partial charge in [-0.25, -0.2) is 9.97 Å². The highest BCUT2D eigenvalue weighted by Crippen LogP contribution is 2.28. The van der Waals surface area contributed by atoms with Crippen LogP contribution in [0.5, 0.6) is 0 Å². The Labute approximate surface area is 165 Å². The molecule has 2 aromatic heterocycles. The third kappa shape index (κ3) is 3.24. The monoisotopic (exact) mass is 374 g/mol. The van der Waals surface area contributed by atoms with Crippen LogP contribution >= 0.6 is 0 Å². The topological polar surface area (TPSA) is 62.1 Å². The van der Waals surface area contributed by atoms with E-state index in [0.29, 0.717) is 6.54 Å². The number of rotatable bonds is 3. The standard InChI is InChI=1S/C23H26N4O/c1-15-19-7-3-5-9-21(19)26-23(24-15)27-13-17(22(28)14-27)12-18-11-10-16-6-2-4-8-20(16)25-18/h2,4,6,8,10-11,17,22,28H,3,5,7,9,12-14H2,1H3/t17-,22-/m1/s1. The number of aliphatic hydroxyl groups is 1. The van der Waals surface area contributed by atoms with E-state index in [0.717, 1.165) is 54.0 Å². The minimum absolute atomic E-state index is 0.147. The van der Waals surface area contributed by atoms with Crippen molar-refractivity contribution in [2.45, 2.75) is 45.1 Å². The molecule has 1 aliphatic carbocycles. The Morgan fingerprint density at radius 1 is 1.00 bits per heavy atom. The molecular formula is C23H26N4O. The number of hydrogen-bond acceptors (Lipinski definition) is 5. The minimum atomic E-state index is -0.381. The fourth-order valence-electron chi connectivity index (χ4n) is 4.62. The van der Waals surface area contributed by atoms with Gasteiger partial charge in [0.2, 0.25) is 5.95 Å². The molecule has 0 saturated carbocycles. The molecule has 1 saturated heterocycles.